The number of nitrogens with one attached hydrogen (secondary N) is 1. The molecule has 1 heterocycles. The second-order valence-corrected chi connectivity index (χ2v) is 3.33. The Bertz CT molecular complexity index is 217. The van der Waals surface area contributed by atoms with Crippen LogP contribution in [0.3, 0.4) is 0 Å². The summed E-state index contributed by atoms with van der Waals surface area (Å²) < 4.78 is 0. The maximum atomic E-state index is 10.5. The first kappa shape index (κ1) is 9.83. The molecule has 1 fully saturated rings. The number of hydrogen-bond acceptors (Lipinski definition) is 2. The van der Waals surface area contributed by atoms with Crippen molar-refractivity contribution < 1.29 is 9.90 Å². The molecule has 1 rings (SSSR count). The molecule has 0 amide bonds. The first-order valence-electron chi connectivity index (χ1n) is 4.43. The maximum absolute atomic E-state index is 10.5. The smallest absolute Gasteiger partial charge is 0.305 e. The topological polar surface area (TPSA) is 90.4 Å². The van der Waals surface area contributed by atoms with Gasteiger partial charge in [0.25, 0.3) is 0 Å². The van der Waals surface area contributed by atoms with E-state index in [9.17, 15) is 4.79 Å². The fourth-order valence-corrected chi connectivity index (χ4v) is 1.73. The molecule has 0 unspecified atom stereocenters. The average molecular weight is 185 g/mol. The molecule has 0 saturated carbocycles. The van der Waals surface area contributed by atoms with Crippen molar-refractivity contribution in [3.8, 4) is 0 Å². The molecular formula is C8H15N3O2. The summed E-state index contributed by atoms with van der Waals surface area (Å²) in [6, 6.07) is -0.0799. The highest BCUT2D eigenvalue weighted by Crippen LogP contribution is 2.18. The number of nitrogens with two attached hydrogens (primary N) is 1. The van der Waals surface area contributed by atoms with E-state index in [-0.39, 0.29) is 18.4 Å². The summed E-state index contributed by atoms with van der Waals surface area (Å²) in [5.74, 6) is -0.830. The minimum Gasteiger partial charge on any atom is -0.481 e. The van der Waals surface area contributed by atoms with Crippen molar-refractivity contribution >= 4 is 11.9 Å². The number of carboxylic acid groups (broad SMARTS) is 1. The standard InChI is InChI=1S/C8H15N3O2/c9-8(10)11-4-2-1-3-6(11)5-7(12)13/h6H,1-5H2,(H3,9,10)(H,12,13)/t6-/m0/s1. The highest BCUT2D eigenvalue weighted by molar-refractivity contribution is 5.76. The molecule has 1 saturated heterocycles. The fraction of sp³-hybridized carbons (Fsp3) is 0.750. The Hall–Kier alpha value is -1.26. The Morgan fingerprint density at radius 2 is 2.31 bits per heavy atom. The summed E-state index contributed by atoms with van der Waals surface area (Å²) in [7, 11) is 0. The van der Waals surface area contributed by atoms with E-state index in [0.717, 1.165) is 19.3 Å². The predicted molar refractivity (Wildman–Crippen MR) is 48.5 cm³/mol. The third-order valence-corrected chi connectivity index (χ3v) is 2.35. The molecule has 5 heteroatoms. The normalized spacial score (nSPS) is 22.8. The Kier molecular flexibility index (Phi) is 3.11. The number of carbonyl (C=O) groups is 1. The molecular weight excluding hydrogens is 170 g/mol. The van der Waals surface area contributed by atoms with Crippen LogP contribution in [0.25, 0.3) is 0 Å². The van der Waals surface area contributed by atoms with Crippen LogP contribution >= 0.6 is 0 Å². The SMILES string of the molecule is N=C(N)N1CCCC[C@H]1CC(=O)O. The molecule has 13 heavy (non-hydrogen) atoms. The number of likely N-dealkylation sites (tertiary alicyclic amines) is 1. The van der Waals surface area contributed by atoms with Crippen molar-refractivity contribution in [2.75, 3.05) is 6.54 Å². The molecule has 1 aliphatic rings. The predicted octanol–water partition coefficient (Wildman–Crippen LogP) is 0.209. The lowest BCUT2D eigenvalue weighted by Gasteiger charge is -2.35. The molecule has 5 nitrogen and oxygen atoms in total. The van der Waals surface area contributed by atoms with Crippen LogP contribution in [-0.4, -0.2) is 34.5 Å². The Labute approximate surface area is 77.0 Å². The van der Waals surface area contributed by atoms with E-state index in [1.807, 2.05) is 0 Å². The van der Waals surface area contributed by atoms with Crippen LogP contribution in [0.1, 0.15) is 25.7 Å². The van der Waals surface area contributed by atoms with Crippen molar-refractivity contribution in [3.63, 3.8) is 0 Å². The minimum atomic E-state index is -0.821. The molecule has 74 valence electrons. The summed E-state index contributed by atoms with van der Waals surface area (Å²) >= 11 is 0. The van der Waals surface area contributed by atoms with Gasteiger partial charge in [0, 0.05) is 12.6 Å². The van der Waals surface area contributed by atoms with Crippen LogP contribution in [0.2, 0.25) is 0 Å². The molecule has 0 aromatic rings. The molecule has 0 bridgehead atoms. The Morgan fingerprint density at radius 3 is 2.85 bits per heavy atom. The lowest BCUT2D eigenvalue weighted by Crippen LogP contribution is -2.47. The molecule has 0 aromatic heterocycles. The molecule has 1 atom stereocenters. The van der Waals surface area contributed by atoms with Crippen LogP contribution in [-0.2, 0) is 4.79 Å². The Balaban J connectivity index is 2.56. The molecule has 4 N–H and O–H groups in total. The van der Waals surface area contributed by atoms with Gasteiger partial charge in [0.05, 0.1) is 6.42 Å². The van der Waals surface area contributed by atoms with Crippen molar-refractivity contribution in [2.45, 2.75) is 31.7 Å². The number of guanidine groups is 1. The van der Waals surface area contributed by atoms with Gasteiger partial charge in [-0.2, -0.15) is 0 Å². The first-order valence-corrected chi connectivity index (χ1v) is 4.43. The zero-order valence-electron chi connectivity index (χ0n) is 7.49. The van der Waals surface area contributed by atoms with E-state index < -0.39 is 5.97 Å². The van der Waals surface area contributed by atoms with Crippen molar-refractivity contribution in [1.82, 2.24) is 4.90 Å². The summed E-state index contributed by atoms with van der Waals surface area (Å²) in [5.41, 5.74) is 5.35. The maximum Gasteiger partial charge on any atom is 0.305 e. The van der Waals surface area contributed by atoms with Crippen LogP contribution in [0.4, 0.5) is 0 Å². The van der Waals surface area contributed by atoms with Crippen molar-refractivity contribution in [1.29, 1.82) is 5.41 Å². The number of aliphatic carboxylic acids is 1. The van der Waals surface area contributed by atoms with Gasteiger partial charge < -0.3 is 15.7 Å². The Morgan fingerprint density at radius 1 is 1.62 bits per heavy atom. The van der Waals surface area contributed by atoms with Gasteiger partial charge in [-0.3, -0.25) is 10.2 Å². The number of nitrogens with zero attached hydrogens (tertiary/aromatic N) is 1. The lowest BCUT2D eigenvalue weighted by atomic mass is 10.00. The molecule has 1 aliphatic heterocycles. The van der Waals surface area contributed by atoms with Crippen molar-refractivity contribution in [2.24, 2.45) is 5.73 Å². The fourth-order valence-electron chi connectivity index (χ4n) is 1.73. The van der Waals surface area contributed by atoms with Crippen LogP contribution in [0, 0.1) is 5.41 Å². The van der Waals surface area contributed by atoms with E-state index in [4.69, 9.17) is 16.2 Å². The third-order valence-electron chi connectivity index (χ3n) is 2.35. The monoisotopic (exact) mass is 185 g/mol. The van der Waals surface area contributed by atoms with E-state index in [2.05, 4.69) is 0 Å². The molecule has 0 radical (unpaired) electrons. The van der Waals surface area contributed by atoms with E-state index in [1.54, 1.807) is 4.90 Å². The van der Waals surface area contributed by atoms with Crippen LogP contribution < -0.4 is 5.73 Å². The summed E-state index contributed by atoms with van der Waals surface area (Å²) in [6.45, 7) is 0.716. The first-order chi connectivity index (χ1) is 6.11. The zero-order chi connectivity index (χ0) is 9.84. The summed E-state index contributed by atoms with van der Waals surface area (Å²) in [4.78, 5) is 12.2. The lowest BCUT2D eigenvalue weighted by molar-refractivity contribution is -0.138. The van der Waals surface area contributed by atoms with E-state index in [1.165, 1.54) is 0 Å². The highest BCUT2D eigenvalue weighted by Gasteiger charge is 2.25. The number of rotatable bonds is 2. The van der Waals surface area contributed by atoms with Crippen molar-refractivity contribution in [3.05, 3.63) is 0 Å². The minimum absolute atomic E-state index is 0.00838. The van der Waals surface area contributed by atoms with Gasteiger partial charge in [-0.05, 0) is 19.3 Å². The van der Waals surface area contributed by atoms with E-state index in [0.29, 0.717) is 6.54 Å². The molecule has 0 aliphatic carbocycles. The van der Waals surface area contributed by atoms with E-state index >= 15 is 0 Å². The second kappa shape index (κ2) is 4.11. The van der Waals surface area contributed by atoms with Gasteiger partial charge in [-0.1, -0.05) is 0 Å². The van der Waals surface area contributed by atoms with Crippen LogP contribution in [0.15, 0.2) is 0 Å². The zero-order valence-corrected chi connectivity index (χ0v) is 7.49. The quantitative estimate of drug-likeness (QED) is 0.423. The largest absolute Gasteiger partial charge is 0.481 e. The average Bonchev–Trinajstić information content (AvgIpc) is 2.03. The van der Waals surface area contributed by atoms with Gasteiger partial charge in [-0.25, -0.2) is 0 Å². The molecule has 0 aromatic carbocycles. The van der Waals surface area contributed by atoms with Crippen LogP contribution in [0.5, 0.6) is 0 Å². The van der Waals surface area contributed by atoms with Gasteiger partial charge in [0.1, 0.15) is 0 Å². The number of carboxylic acids is 1. The molecule has 0 spiro atoms. The van der Waals surface area contributed by atoms with Gasteiger partial charge in [-0.15, -0.1) is 0 Å². The van der Waals surface area contributed by atoms with Gasteiger partial charge in [0.15, 0.2) is 5.96 Å². The van der Waals surface area contributed by atoms with Gasteiger partial charge in [0.2, 0.25) is 0 Å². The highest BCUT2D eigenvalue weighted by atomic mass is 16.4. The summed E-state index contributed by atoms with van der Waals surface area (Å²) in [5, 5.41) is 15.9. The number of piperidine rings is 1. The third kappa shape index (κ3) is 2.61. The number of hydrogen-bond donors (Lipinski definition) is 3. The summed E-state index contributed by atoms with van der Waals surface area (Å²) in [6.07, 6.45) is 2.93. The second-order valence-electron chi connectivity index (χ2n) is 3.33. The van der Waals surface area contributed by atoms with Gasteiger partial charge >= 0.3 is 5.97 Å².